The van der Waals surface area contributed by atoms with Crippen LogP contribution in [0.25, 0.3) is 17.0 Å². The van der Waals surface area contributed by atoms with Crippen molar-refractivity contribution in [1.82, 2.24) is 15.1 Å². The minimum atomic E-state index is -0.154. The molecule has 5 nitrogen and oxygen atoms in total. The lowest BCUT2D eigenvalue weighted by molar-refractivity contribution is 0.0939. The molecule has 35 heavy (non-hydrogen) atoms. The maximum absolute atomic E-state index is 13.4. The van der Waals surface area contributed by atoms with Gasteiger partial charge in [0, 0.05) is 17.7 Å². The highest BCUT2D eigenvalue weighted by atomic mass is 35.5. The van der Waals surface area contributed by atoms with Gasteiger partial charge in [0.15, 0.2) is 5.69 Å². The molecule has 6 heteroatoms. The number of carbonyl (C=O) groups is 1. The highest BCUT2D eigenvalue weighted by Crippen LogP contribution is 2.42. The molecule has 2 atom stereocenters. The Bertz CT molecular complexity index is 1140. The third kappa shape index (κ3) is 5.50. The second-order valence-electron chi connectivity index (χ2n) is 10.3. The number of carbonyl (C=O) groups excluding carboxylic acids is 1. The van der Waals surface area contributed by atoms with Gasteiger partial charge in [-0.25, -0.2) is 4.68 Å². The number of allylic oxidation sites excluding steroid dienone is 4. The molecule has 0 spiro atoms. The van der Waals surface area contributed by atoms with Crippen molar-refractivity contribution < 1.29 is 9.53 Å². The molecule has 2 aliphatic rings. The van der Waals surface area contributed by atoms with E-state index in [1.807, 2.05) is 23.7 Å². The molecule has 0 saturated heterocycles. The summed E-state index contributed by atoms with van der Waals surface area (Å²) >= 11 is 6.68. The summed E-state index contributed by atoms with van der Waals surface area (Å²) in [6.07, 6.45) is 9.80. The van der Waals surface area contributed by atoms with Crippen molar-refractivity contribution in [2.45, 2.75) is 73.3 Å². The van der Waals surface area contributed by atoms with Gasteiger partial charge in [-0.15, -0.1) is 0 Å². The molecule has 0 saturated carbocycles. The van der Waals surface area contributed by atoms with E-state index in [9.17, 15) is 4.79 Å². The van der Waals surface area contributed by atoms with Gasteiger partial charge in [-0.1, -0.05) is 76.8 Å². The lowest BCUT2D eigenvalue weighted by atomic mass is 9.93. The zero-order valence-corrected chi connectivity index (χ0v) is 22.4. The van der Waals surface area contributed by atoms with Crippen molar-refractivity contribution >= 4 is 23.2 Å². The van der Waals surface area contributed by atoms with Crippen molar-refractivity contribution in [2.24, 2.45) is 17.8 Å². The van der Waals surface area contributed by atoms with Crippen LogP contribution in [0.4, 0.5) is 0 Å². The number of nitrogens with zero attached hydrogens (tertiary/aromatic N) is 2. The maximum Gasteiger partial charge on any atom is 0.272 e. The minimum Gasteiger partial charge on any atom is -0.488 e. The van der Waals surface area contributed by atoms with Crippen molar-refractivity contribution in [3.8, 4) is 17.0 Å². The predicted octanol–water partition coefficient (Wildman–Crippen LogP) is 7.34. The van der Waals surface area contributed by atoms with E-state index in [2.05, 4.69) is 51.2 Å². The average molecular weight is 496 g/mol. The normalized spacial score (nSPS) is 17.7. The molecular weight excluding hydrogens is 458 g/mol. The first-order chi connectivity index (χ1) is 16.8. The third-order valence-corrected chi connectivity index (χ3v) is 7.70. The lowest BCUT2D eigenvalue weighted by Gasteiger charge is -2.22. The van der Waals surface area contributed by atoms with Crippen molar-refractivity contribution in [2.75, 3.05) is 6.54 Å². The molecule has 2 unspecified atom stereocenters. The molecule has 0 radical (unpaired) electrons. The van der Waals surface area contributed by atoms with Gasteiger partial charge in [-0.05, 0) is 55.2 Å². The van der Waals surface area contributed by atoms with E-state index < -0.39 is 0 Å². The Hall–Kier alpha value is -2.53. The molecule has 1 aliphatic carbocycles. The summed E-state index contributed by atoms with van der Waals surface area (Å²) < 4.78 is 7.93. The second-order valence-corrected chi connectivity index (χ2v) is 10.7. The molecule has 1 N–H and O–H groups in total. The summed E-state index contributed by atoms with van der Waals surface area (Å²) in [7, 11) is 0. The van der Waals surface area contributed by atoms with Crippen molar-refractivity contribution in [3.63, 3.8) is 0 Å². The number of aromatic nitrogens is 2. The van der Waals surface area contributed by atoms with Gasteiger partial charge in [0.2, 0.25) is 0 Å². The van der Waals surface area contributed by atoms with E-state index in [0.717, 1.165) is 52.6 Å². The molecule has 0 fully saturated rings. The highest BCUT2D eigenvalue weighted by Gasteiger charge is 2.31. The van der Waals surface area contributed by atoms with Crippen molar-refractivity contribution in [1.29, 1.82) is 0 Å². The van der Waals surface area contributed by atoms with E-state index in [0.29, 0.717) is 35.7 Å². The van der Waals surface area contributed by atoms with Crippen LogP contribution in [-0.2, 0) is 6.61 Å². The first kappa shape index (κ1) is 25.6. The average Bonchev–Trinajstić information content (AvgIpc) is 3.22. The first-order valence-corrected chi connectivity index (χ1v) is 13.4. The summed E-state index contributed by atoms with van der Waals surface area (Å²) in [5.74, 6) is 2.21. The van der Waals surface area contributed by atoms with Crippen molar-refractivity contribution in [3.05, 3.63) is 52.2 Å². The summed E-state index contributed by atoms with van der Waals surface area (Å²) in [6, 6.07) is 6.14. The number of hydrogen-bond acceptors (Lipinski definition) is 3. The van der Waals surface area contributed by atoms with Crippen LogP contribution >= 0.6 is 11.6 Å². The molecular formula is C29H38ClN3O2. The van der Waals surface area contributed by atoms with Crippen LogP contribution in [-0.4, -0.2) is 22.2 Å². The van der Waals surface area contributed by atoms with E-state index >= 15 is 0 Å². The van der Waals surface area contributed by atoms with Crippen LogP contribution in [0.3, 0.4) is 0 Å². The second kappa shape index (κ2) is 11.0. The topological polar surface area (TPSA) is 56.2 Å². The Kier molecular flexibility index (Phi) is 8.05. The van der Waals surface area contributed by atoms with Crippen LogP contribution in [0.5, 0.6) is 5.75 Å². The quantitative estimate of drug-likeness (QED) is 0.396. The Morgan fingerprint density at radius 2 is 2.06 bits per heavy atom. The van der Waals surface area contributed by atoms with Crippen LogP contribution in [0.2, 0.25) is 0 Å². The summed E-state index contributed by atoms with van der Waals surface area (Å²) in [5, 5.41) is 8.62. The number of rotatable bonds is 9. The molecule has 2 aromatic rings. The molecule has 1 amide bonds. The predicted molar refractivity (Wildman–Crippen MR) is 144 cm³/mol. The maximum atomic E-state index is 13.4. The Morgan fingerprint density at radius 1 is 1.29 bits per heavy atom. The fourth-order valence-electron chi connectivity index (χ4n) is 4.97. The summed E-state index contributed by atoms with van der Waals surface area (Å²) in [5.41, 5.74) is 5.01. The van der Waals surface area contributed by atoms with Gasteiger partial charge in [0.25, 0.3) is 5.91 Å². The molecule has 1 aliphatic heterocycles. The van der Waals surface area contributed by atoms with Gasteiger partial charge >= 0.3 is 0 Å². The molecule has 1 aromatic carbocycles. The summed E-state index contributed by atoms with van der Waals surface area (Å²) in [6.45, 7) is 11.9. The number of amides is 1. The first-order valence-electron chi connectivity index (χ1n) is 13.0. The lowest BCUT2D eigenvalue weighted by Crippen LogP contribution is -2.30. The standard InChI is InChI=1S/C29H38ClN3O2/c1-6-21(7-2)11-8-20(5)16-31-29(34)27-23-17-35-26-15-19(4)9-12-22(26)28(23)33(32-27)25-13-10-18(3)14-24(25)30/h9,12-15,18,20-21H,6-8,10-11,16-17H2,1-5H3,(H,31,34). The minimum absolute atomic E-state index is 0.154. The number of ether oxygens (including phenoxy) is 1. The van der Waals surface area contributed by atoms with Gasteiger partial charge < -0.3 is 10.1 Å². The molecule has 4 rings (SSSR count). The van der Waals surface area contributed by atoms with Crippen LogP contribution < -0.4 is 10.1 Å². The smallest absolute Gasteiger partial charge is 0.272 e. The zero-order valence-electron chi connectivity index (χ0n) is 21.7. The van der Waals surface area contributed by atoms with Gasteiger partial charge in [0.05, 0.1) is 16.4 Å². The monoisotopic (exact) mass is 495 g/mol. The van der Waals surface area contributed by atoms with Gasteiger partial charge in [0.1, 0.15) is 12.4 Å². The largest absolute Gasteiger partial charge is 0.488 e. The van der Waals surface area contributed by atoms with Gasteiger partial charge in [-0.3, -0.25) is 4.79 Å². The molecule has 2 heterocycles. The molecule has 188 valence electrons. The number of aryl methyl sites for hydroxylation is 1. The van der Waals surface area contributed by atoms with Crippen LogP contribution in [0, 0.1) is 24.7 Å². The number of fused-ring (bicyclic) bond motifs is 3. The van der Waals surface area contributed by atoms with Crippen LogP contribution in [0.15, 0.2) is 35.4 Å². The van der Waals surface area contributed by atoms with E-state index in [1.165, 1.54) is 19.3 Å². The number of hydrogen-bond donors (Lipinski definition) is 1. The number of halogens is 1. The van der Waals surface area contributed by atoms with E-state index in [-0.39, 0.29) is 5.91 Å². The number of nitrogens with one attached hydrogen (secondary N) is 1. The fraction of sp³-hybridized carbons (Fsp3) is 0.517. The number of benzene rings is 1. The van der Waals surface area contributed by atoms with E-state index in [1.54, 1.807) is 0 Å². The van der Waals surface area contributed by atoms with E-state index in [4.69, 9.17) is 21.4 Å². The highest BCUT2D eigenvalue weighted by molar-refractivity contribution is 6.36. The van der Waals surface area contributed by atoms with Gasteiger partial charge in [-0.2, -0.15) is 5.10 Å². The fourth-order valence-corrected chi connectivity index (χ4v) is 5.34. The molecule has 1 aromatic heterocycles. The Balaban J connectivity index is 1.62. The zero-order chi connectivity index (χ0) is 25.1. The summed E-state index contributed by atoms with van der Waals surface area (Å²) in [4.78, 5) is 13.4. The molecule has 0 bridgehead atoms. The SMILES string of the molecule is CCC(CC)CCC(C)CNC(=O)c1nn(C2=CCC(C)C=C2Cl)c2c1COc1cc(C)ccc1-2. The van der Waals surface area contributed by atoms with Crippen LogP contribution in [0.1, 0.15) is 81.4 Å². The Labute approximate surface area is 214 Å². The Morgan fingerprint density at radius 3 is 2.77 bits per heavy atom. The third-order valence-electron chi connectivity index (χ3n) is 7.38.